The molecule has 1 saturated carbocycles. The summed E-state index contributed by atoms with van der Waals surface area (Å²) in [5.41, 5.74) is 2.01. The van der Waals surface area contributed by atoms with Crippen LogP contribution in [0.4, 0.5) is 4.39 Å². The van der Waals surface area contributed by atoms with E-state index in [9.17, 15) is 4.39 Å². The highest BCUT2D eigenvalue weighted by Gasteiger charge is 2.22. The lowest BCUT2D eigenvalue weighted by Gasteiger charge is -2.19. The van der Waals surface area contributed by atoms with Gasteiger partial charge in [0.25, 0.3) is 0 Å². The van der Waals surface area contributed by atoms with Crippen LogP contribution < -0.4 is 15.4 Å². The fourth-order valence-corrected chi connectivity index (χ4v) is 2.90. The van der Waals surface area contributed by atoms with E-state index in [0.717, 1.165) is 24.1 Å². The molecule has 0 bridgehead atoms. The molecule has 0 radical (unpaired) electrons. The molecule has 1 aliphatic carbocycles. The number of halogens is 1. The lowest BCUT2D eigenvalue weighted by Crippen LogP contribution is -2.38. The van der Waals surface area contributed by atoms with Gasteiger partial charge in [-0.15, -0.1) is 0 Å². The topological polar surface area (TPSA) is 63.5 Å². The van der Waals surface area contributed by atoms with Gasteiger partial charge in [0.1, 0.15) is 0 Å². The van der Waals surface area contributed by atoms with Crippen molar-refractivity contribution in [3.63, 3.8) is 0 Å². The lowest BCUT2D eigenvalue weighted by molar-refractivity contribution is 0.285. The molecule has 2 aromatic rings. The van der Waals surface area contributed by atoms with E-state index < -0.39 is 0 Å². The second-order valence-electron chi connectivity index (χ2n) is 7.34. The van der Waals surface area contributed by atoms with E-state index in [2.05, 4.69) is 20.7 Å². The van der Waals surface area contributed by atoms with E-state index in [1.54, 1.807) is 16.8 Å². The van der Waals surface area contributed by atoms with Gasteiger partial charge in [0, 0.05) is 26.3 Å². The standard InChI is InChI=1S/C21H30FN5O/c1-4-23-21(24-10-9-17-12-25-27(3)13-17)26-15(2)18-7-8-20(19(22)11-18)28-14-16-5-6-16/h7-8,11-13,15-16H,4-6,9-10,14H2,1-3H3,(H2,23,24,26). The van der Waals surface area contributed by atoms with Gasteiger partial charge >= 0.3 is 0 Å². The third-order valence-electron chi connectivity index (χ3n) is 4.75. The molecule has 28 heavy (non-hydrogen) atoms. The summed E-state index contributed by atoms with van der Waals surface area (Å²) in [5.74, 6) is 1.34. The highest BCUT2D eigenvalue weighted by Crippen LogP contribution is 2.30. The first kappa shape index (κ1) is 20.2. The Bertz CT molecular complexity index is 800. The molecule has 2 N–H and O–H groups in total. The zero-order valence-corrected chi connectivity index (χ0v) is 16.9. The maximum absolute atomic E-state index is 14.4. The summed E-state index contributed by atoms with van der Waals surface area (Å²) in [7, 11) is 1.90. The van der Waals surface area contributed by atoms with Crippen molar-refractivity contribution >= 4 is 5.96 Å². The van der Waals surface area contributed by atoms with E-state index in [1.165, 1.54) is 12.8 Å². The Morgan fingerprint density at radius 1 is 1.43 bits per heavy atom. The van der Waals surface area contributed by atoms with Crippen LogP contribution in [-0.2, 0) is 13.5 Å². The molecular weight excluding hydrogens is 357 g/mol. The highest BCUT2D eigenvalue weighted by atomic mass is 19.1. The Morgan fingerprint density at radius 3 is 2.89 bits per heavy atom. The minimum absolute atomic E-state index is 0.0804. The van der Waals surface area contributed by atoms with Crippen LogP contribution in [0, 0.1) is 11.7 Å². The number of nitrogens with zero attached hydrogens (tertiary/aromatic N) is 3. The van der Waals surface area contributed by atoms with Gasteiger partial charge in [-0.3, -0.25) is 9.67 Å². The molecule has 1 heterocycles. The number of guanidine groups is 1. The smallest absolute Gasteiger partial charge is 0.191 e. The first-order chi connectivity index (χ1) is 13.5. The molecular formula is C21H30FN5O. The molecule has 1 atom stereocenters. The first-order valence-corrected chi connectivity index (χ1v) is 9.99. The quantitative estimate of drug-likeness (QED) is 0.512. The second-order valence-corrected chi connectivity index (χ2v) is 7.34. The van der Waals surface area contributed by atoms with Gasteiger partial charge in [-0.2, -0.15) is 5.10 Å². The van der Waals surface area contributed by atoms with E-state index in [1.807, 2.05) is 39.4 Å². The zero-order chi connectivity index (χ0) is 19.9. The Morgan fingerprint density at radius 2 is 2.25 bits per heavy atom. The summed E-state index contributed by atoms with van der Waals surface area (Å²) in [5, 5.41) is 10.8. The third kappa shape index (κ3) is 5.97. The van der Waals surface area contributed by atoms with Crippen LogP contribution in [0.5, 0.6) is 5.75 Å². The molecule has 0 amide bonds. The molecule has 6 nitrogen and oxygen atoms in total. The van der Waals surface area contributed by atoms with Crippen molar-refractivity contribution < 1.29 is 9.13 Å². The fourth-order valence-electron chi connectivity index (χ4n) is 2.90. The normalized spacial score (nSPS) is 15.4. The molecule has 0 saturated heterocycles. The summed E-state index contributed by atoms with van der Waals surface area (Å²) in [6, 6.07) is 5.09. The van der Waals surface area contributed by atoms with Crippen LogP contribution in [-0.4, -0.2) is 35.4 Å². The number of hydrogen-bond donors (Lipinski definition) is 2. The summed E-state index contributed by atoms with van der Waals surface area (Å²) >= 11 is 0. The number of hydrogen-bond acceptors (Lipinski definition) is 3. The number of aryl methyl sites for hydroxylation is 1. The summed E-state index contributed by atoms with van der Waals surface area (Å²) in [6.45, 7) is 6.03. The van der Waals surface area contributed by atoms with Gasteiger partial charge in [0.05, 0.1) is 18.8 Å². The first-order valence-electron chi connectivity index (χ1n) is 9.99. The molecule has 0 aliphatic heterocycles. The second kappa shape index (κ2) is 9.57. The Balaban J connectivity index is 1.56. The Kier molecular flexibility index (Phi) is 6.90. The van der Waals surface area contributed by atoms with Crippen LogP contribution in [0.2, 0.25) is 0 Å². The lowest BCUT2D eigenvalue weighted by atomic mass is 10.1. The maximum atomic E-state index is 14.4. The minimum Gasteiger partial charge on any atom is -0.490 e. The van der Waals surface area contributed by atoms with Gasteiger partial charge in [-0.25, -0.2) is 4.39 Å². The summed E-state index contributed by atoms with van der Waals surface area (Å²) in [4.78, 5) is 4.62. The molecule has 152 valence electrons. The fraction of sp³-hybridized carbons (Fsp3) is 0.524. The Labute approximate surface area is 166 Å². The van der Waals surface area contributed by atoms with Crippen LogP contribution in [0.25, 0.3) is 0 Å². The van der Waals surface area contributed by atoms with Crippen molar-refractivity contribution in [2.24, 2.45) is 18.0 Å². The molecule has 3 rings (SSSR count). The van der Waals surface area contributed by atoms with Gasteiger partial charge in [0.2, 0.25) is 0 Å². The number of aliphatic imine (C=N–C) groups is 1. The highest BCUT2D eigenvalue weighted by molar-refractivity contribution is 5.80. The van der Waals surface area contributed by atoms with E-state index in [0.29, 0.717) is 30.8 Å². The number of nitrogens with one attached hydrogen (secondary N) is 2. The van der Waals surface area contributed by atoms with Crippen LogP contribution in [0.1, 0.15) is 43.9 Å². The summed E-state index contributed by atoms with van der Waals surface area (Å²) < 4.78 is 21.7. The average molecular weight is 388 g/mol. The molecule has 0 spiro atoms. The molecule has 1 aromatic carbocycles. The van der Waals surface area contributed by atoms with Crippen molar-refractivity contribution in [2.45, 2.75) is 39.2 Å². The average Bonchev–Trinajstić information content (AvgIpc) is 3.41. The van der Waals surface area contributed by atoms with Crippen molar-refractivity contribution in [2.75, 3.05) is 19.7 Å². The largest absolute Gasteiger partial charge is 0.490 e. The predicted molar refractivity (Wildman–Crippen MR) is 109 cm³/mol. The van der Waals surface area contributed by atoms with Gasteiger partial charge in [0.15, 0.2) is 17.5 Å². The minimum atomic E-state index is -0.315. The number of benzene rings is 1. The molecule has 1 aromatic heterocycles. The summed E-state index contributed by atoms with van der Waals surface area (Å²) in [6.07, 6.45) is 7.05. The number of ether oxygens (including phenoxy) is 1. The van der Waals surface area contributed by atoms with Crippen molar-refractivity contribution in [1.82, 2.24) is 20.4 Å². The zero-order valence-electron chi connectivity index (χ0n) is 16.9. The van der Waals surface area contributed by atoms with Crippen molar-refractivity contribution in [1.29, 1.82) is 0 Å². The SMILES string of the molecule is CCNC(=NCCc1cnn(C)c1)NC(C)c1ccc(OCC2CC2)c(F)c1. The van der Waals surface area contributed by atoms with Crippen molar-refractivity contribution in [3.05, 3.63) is 47.5 Å². The van der Waals surface area contributed by atoms with Gasteiger partial charge < -0.3 is 15.4 Å². The molecule has 1 fully saturated rings. The van der Waals surface area contributed by atoms with Gasteiger partial charge in [-0.05, 0) is 62.3 Å². The van der Waals surface area contributed by atoms with E-state index in [-0.39, 0.29) is 11.9 Å². The Hall–Kier alpha value is -2.57. The van der Waals surface area contributed by atoms with Crippen LogP contribution >= 0.6 is 0 Å². The van der Waals surface area contributed by atoms with Crippen molar-refractivity contribution in [3.8, 4) is 5.75 Å². The monoisotopic (exact) mass is 387 g/mol. The predicted octanol–water partition coefficient (Wildman–Crippen LogP) is 3.21. The maximum Gasteiger partial charge on any atom is 0.191 e. The van der Waals surface area contributed by atoms with E-state index in [4.69, 9.17) is 4.74 Å². The molecule has 1 unspecified atom stereocenters. The van der Waals surface area contributed by atoms with Crippen LogP contribution in [0.3, 0.4) is 0 Å². The number of rotatable bonds is 9. The van der Waals surface area contributed by atoms with E-state index >= 15 is 0 Å². The number of aromatic nitrogens is 2. The molecule has 1 aliphatic rings. The van der Waals surface area contributed by atoms with Gasteiger partial charge in [-0.1, -0.05) is 6.07 Å². The molecule has 7 heteroatoms. The van der Waals surface area contributed by atoms with Crippen LogP contribution in [0.15, 0.2) is 35.6 Å². The third-order valence-corrected chi connectivity index (χ3v) is 4.75.